The van der Waals surface area contributed by atoms with Crippen molar-refractivity contribution in [3.8, 4) is 0 Å². The largest absolute Gasteiger partial charge is 0.418 e. The van der Waals surface area contributed by atoms with E-state index in [9.17, 15) is 0 Å². The van der Waals surface area contributed by atoms with Crippen molar-refractivity contribution in [1.82, 2.24) is 0 Å². The van der Waals surface area contributed by atoms with Crippen molar-refractivity contribution in [2.24, 2.45) is 0 Å². The predicted molar refractivity (Wildman–Crippen MR) is 84.9 cm³/mol. The van der Waals surface area contributed by atoms with Gasteiger partial charge in [-0.1, -0.05) is 50.3 Å². The molecule has 0 bridgehead atoms. The van der Waals surface area contributed by atoms with Gasteiger partial charge in [0.2, 0.25) is 9.04 Å². The zero-order chi connectivity index (χ0) is 13.9. The van der Waals surface area contributed by atoms with Gasteiger partial charge in [-0.15, -0.1) is 0 Å². The Balaban J connectivity index is 2.23. The zero-order valence-corrected chi connectivity index (χ0v) is 13.4. The summed E-state index contributed by atoms with van der Waals surface area (Å²) >= 11 is 0. The number of methoxy groups -OCH3 is 1. The summed E-state index contributed by atoms with van der Waals surface area (Å²) < 4.78 is 11.2. The molecule has 0 N–H and O–H groups in total. The third kappa shape index (κ3) is 6.71. The van der Waals surface area contributed by atoms with Crippen LogP contribution in [0, 0.1) is 0 Å². The van der Waals surface area contributed by atoms with Gasteiger partial charge in [-0.2, -0.15) is 0 Å². The van der Waals surface area contributed by atoms with Crippen LogP contribution in [0.5, 0.6) is 0 Å². The standard InChI is InChI=1S/C16H26O2Si/c1-4-13-19(14-17-3)18-12-6-7-16-10-8-15(5-2)9-11-16/h5,8-11,19H,2,4,6-7,12-14H2,1,3H3. The van der Waals surface area contributed by atoms with E-state index in [-0.39, 0.29) is 0 Å². The van der Waals surface area contributed by atoms with E-state index in [0.717, 1.165) is 25.7 Å². The van der Waals surface area contributed by atoms with Crippen LogP contribution in [0.15, 0.2) is 30.8 Å². The predicted octanol–water partition coefficient (Wildman–Crippen LogP) is 3.60. The molecule has 1 aromatic rings. The molecule has 3 heteroatoms. The lowest BCUT2D eigenvalue weighted by atomic mass is 10.1. The Morgan fingerprint density at radius 3 is 2.58 bits per heavy atom. The number of hydrogen-bond acceptors (Lipinski definition) is 2. The Morgan fingerprint density at radius 1 is 1.26 bits per heavy atom. The van der Waals surface area contributed by atoms with E-state index >= 15 is 0 Å². The summed E-state index contributed by atoms with van der Waals surface area (Å²) in [4.78, 5) is 0. The monoisotopic (exact) mass is 278 g/mol. The normalized spacial score (nSPS) is 12.3. The Hall–Kier alpha value is -0.903. The van der Waals surface area contributed by atoms with Gasteiger partial charge in [0.25, 0.3) is 0 Å². The molecule has 0 aliphatic carbocycles. The molecule has 2 nitrogen and oxygen atoms in total. The highest BCUT2D eigenvalue weighted by atomic mass is 28.3. The van der Waals surface area contributed by atoms with Gasteiger partial charge in [-0.25, -0.2) is 0 Å². The van der Waals surface area contributed by atoms with Crippen LogP contribution < -0.4 is 0 Å². The molecule has 0 spiro atoms. The van der Waals surface area contributed by atoms with Crippen LogP contribution in [0.25, 0.3) is 6.08 Å². The first-order valence-corrected chi connectivity index (χ1v) is 9.22. The fraction of sp³-hybridized carbons (Fsp3) is 0.500. The molecule has 1 unspecified atom stereocenters. The molecule has 19 heavy (non-hydrogen) atoms. The van der Waals surface area contributed by atoms with E-state index in [1.165, 1.54) is 23.6 Å². The number of ether oxygens (including phenoxy) is 1. The second-order valence-electron chi connectivity index (χ2n) is 4.79. The maximum atomic E-state index is 5.99. The lowest BCUT2D eigenvalue weighted by molar-refractivity contribution is 0.215. The first kappa shape index (κ1) is 16.2. The molecule has 1 aromatic carbocycles. The minimum absolute atomic E-state index is 0.835. The van der Waals surface area contributed by atoms with E-state index < -0.39 is 9.04 Å². The first-order chi connectivity index (χ1) is 9.30. The van der Waals surface area contributed by atoms with Gasteiger partial charge in [0.1, 0.15) is 0 Å². The van der Waals surface area contributed by atoms with Crippen LogP contribution in [0.3, 0.4) is 0 Å². The maximum Gasteiger partial charge on any atom is 0.202 e. The molecule has 106 valence electrons. The van der Waals surface area contributed by atoms with Crippen molar-refractivity contribution in [2.75, 3.05) is 19.9 Å². The fourth-order valence-corrected chi connectivity index (χ4v) is 4.01. The molecule has 0 aliphatic heterocycles. The van der Waals surface area contributed by atoms with Crippen LogP contribution in [0.1, 0.15) is 30.9 Å². The van der Waals surface area contributed by atoms with Gasteiger partial charge in [-0.05, 0) is 30.0 Å². The molecule has 1 atom stereocenters. The fourth-order valence-electron chi connectivity index (χ4n) is 2.07. The summed E-state index contributed by atoms with van der Waals surface area (Å²) in [5, 5.41) is 0. The number of rotatable bonds is 10. The highest BCUT2D eigenvalue weighted by Crippen LogP contribution is 2.08. The third-order valence-corrected chi connectivity index (χ3v) is 5.78. The van der Waals surface area contributed by atoms with E-state index in [1.807, 2.05) is 6.08 Å². The molecule has 0 fully saturated rings. The Kier molecular flexibility index (Phi) is 8.46. The van der Waals surface area contributed by atoms with E-state index in [4.69, 9.17) is 9.16 Å². The van der Waals surface area contributed by atoms with Crippen molar-refractivity contribution >= 4 is 15.1 Å². The second-order valence-corrected chi connectivity index (χ2v) is 7.27. The lowest BCUT2D eigenvalue weighted by Crippen LogP contribution is -2.25. The van der Waals surface area contributed by atoms with Gasteiger partial charge >= 0.3 is 0 Å². The van der Waals surface area contributed by atoms with Crippen molar-refractivity contribution in [3.63, 3.8) is 0 Å². The summed E-state index contributed by atoms with van der Waals surface area (Å²) in [5.41, 5.74) is 2.55. The molecule has 0 amide bonds. The Morgan fingerprint density at radius 2 is 2.00 bits per heavy atom. The Bertz CT molecular complexity index is 342. The lowest BCUT2D eigenvalue weighted by Gasteiger charge is -2.14. The summed E-state index contributed by atoms with van der Waals surface area (Å²) in [6.07, 6.45) is 6.08. The molecule has 0 aliphatic rings. The van der Waals surface area contributed by atoms with Gasteiger partial charge in [0, 0.05) is 13.7 Å². The smallest absolute Gasteiger partial charge is 0.202 e. The highest BCUT2D eigenvalue weighted by molar-refractivity contribution is 6.51. The maximum absolute atomic E-state index is 5.99. The minimum Gasteiger partial charge on any atom is -0.418 e. The van der Waals surface area contributed by atoms with Gasteiger partial charge in [0.15, 0.2) is 0 Å². The number of aryl methyl sites for hydroxylation is 1. The average Bonchev–Trinajstić information content (AvgIpc) is 2.44. The highest BCUT2D eigenvalue weighted by Gasteiger charge is 2.09. The average molecular weight is 278 g/mol. The van der Waals surface area contributed by atoms with Crippen LogP contribution in [0.4, 0.5) is 0 Å². The molecule has 0 aromatic heterocycles. The van der Waals surface area contributed by atoms with Crippen LogP contribution in [-0.2, 0) is 15.6 Å². The minimum atomic E-state index is -1.11. The molecule has 0 heterocycles. The molecular formula is C16H26O2Si. The number of benzene rings is 1. The summed E-state index contributed by atoms with van der Waals surface area (Å²) in [7, 11) is 0.656. The van der Waals surface area contributed by atoms with E-state index in [0.29, 0.717) is 0 Å². The number of hydrogen-bond donors (Lipinski definition) is 0. The van der Waals surface area contributed by atoms with Crippen LogP contribution in [-0.4, -0.2) is 29.0 Å². The van der Waals surface area contributed by atoms with Crippen molar-refractivity contribution in [1.29, 1.82) is 0 Å². The van der Waals surface area contributed by atoms with Crippen molar-refractivity contribution in [2.45, 2.75) is 32.2 Å². The molecular weight excluding hydrogens is 252 g/mol. The van der Waals surface area contributed by atoms with E-state index in [2.05, 4.69) is 37.8 Å². The quantitative estimate of drug-likeness (QED) is 0.481. The molecule has 0 saturated heterocycles. The van der Waals surface area contributed by atoms with Crippen LogP contribution in [0.2, 0.25) is 6.04 Å². The third-order valence-electron chi connectivity index (χ3n) is 3.14. The van der Waals surface area contributed by atoms with Gasteiger partial charge in [0.05, 0.1) is 6.23 Å². The molecule has 0 radical (unpaired) electrons. The van der Waals surface area contributed by atoms with E-state index in [1.54, 1.807) is 7.11 Å². The topological polar surface area (TPSA) is 18.5 Å². The summed E-state index contributed by atoms with van der Waals surface area (Å²) in [6, 6.07) is 9.79. The Labute approximate surface area is 119 Å². The van der Waals surface area contributed by atoms with Gasteiger partial charge < -0.3 is 9.16 Å². The van der Waals surface area contributed by atoms with Crippen LogP contribution >= 0.6 is 0 Å². The molecule has 1 rings (SSSR count). The SMILES string of the molecule is C=Cc1ccc(CCCO[SiH](CCC)COC)cc1. The second kappa shape index (κ2) is 9.95. The molecule has 0 saturated carbocycles. The van der Waals surface area contributed by atoms with Crippen molar-refractivity contribution in [3.05, 3.63) is 42.0 Å². The zero-order valence-electron chi connectivity index (χ0n) is 12.2. The summed E-state index contributed by atoms with van der Waals surface area (Å²) in [5.74, 6) is 0. The first-order valence-electron chi connectivity index (χ1n) is 7.12. The van der Waals surface area contributed by atoms with Gasteiger partial charge in [-0.3, -0.25) is 0 Å². The van der Waals surface area contributed by atoms with Crippen molar-refractivity contribution < 1.29 is 9.16 Å². The summed E-state index contributed by atoms with van der Waals surface area (Å²) in [6.45, 7) is 6.84.